The Hall–Kier alpha value is -0.0800. The molecule has 0 radical (unpaired) electrons. The third kappa shape index (κ3) is 4.97. The van der Waals surface area contributed by atoms with Crippen LogP contribution in [0.1, 0.15) is 52.4 Å². The molecule has 0 bridgehead atoms. The van der Waals surface area contributed by atoms with Gasteiger partial charge in [0.15, 0.2) is 0 Å². The molecule has 4 N–H and O–H groups in total. The minimum absolute atomic E-state index is 0.815. The lowest BCUT2D eigenvalue weighted by atomic mass is 9.95. The van der Waals surface area contributed by atoms with Crippen LogP contribution in [0.2, 0.25) is 0 Å². The van der Waals surface area contributed by atoms with Crippen LogP contribution in [-0.4, -0.2) is 25.2 Å². The molecule has 84 valence electrons. The smallest absolute Gasteiger partial charge is 0.125 e. The van der Waals surface area contributed by atoms with E-state index >= 15 is 0 Å². The molecule has 1 saturated carbocycles. The van der Waals surface area contributed by atoms with Crippen LogP contribution < -0.4 is 10.6 Å². The molecule has 2 heteroatoms. The molecule has 0 aromatic carbocycles. The van der Waals surface area contributed by atoms with Crippen LogP contribution in [0, 0.1) is 0 Å². The SMILES string of the molecule is CC[C@H](C)[NH2+]CC[NH2+]C1CCCCC1. The van der Waals surface area contributed by atoms with Crippen molar-refractivity contribution < 1.29 is 10.6 Å². The molecule has 0 aliphatic heterocycles. The van der Waals surface area contributed by atoms with Gasteiger partial charge in [-0.3, -0.25) is 0 Å². The summed E-state index contributed by atoms with van der Waals surface area (Å²) in [5.41, 5.74) is 0. The maximum absolute atomic E-state index is 2.58. The van der Waals surface area contributed by atoms with Crippen molar-refractivity contribution in [1.82, 2.24) is 0 Å². The van der Waals surface area contributed by atoms with E-state index in [0.29, 0.717) is 0 Å². The largest absolute Gasteiger partial charge is 0.339 e. The molecule has 1 rings (SSSR count). The van der Waals surface area contributed by atoms with Crippen molar-refractivity contribution in [2.45, 2.75) is 64.5 Å². The highest BCUT2D eigenvalue weighted by molar-refractivity contribution is 4.61. The van der Waals surface area contributed by atoms with Crippen molar-refractivity contribution in [3.05, 3.63) is 0 Å². The third-order valence-corrected chi connectivity index (χ3v) is 3.53. The van der Waals surface area contributed by atoms with Gasteiger partial charge in [-0.1, -0.05) is 13.3 Å². The summed E-state index contributed by atoms with van der Waals surface area (Å²) in [5.74, 6) is 0. The number of quaternary nitrogens is 2. The zero-order valence-electron chi connectivity index (χ0n) is 9.97. The van der Waals surface area contributed by atoms with Crippen molar-refractivity contribution in [2.24, 2.45) is 0 Å². The minimum Gasteiger partial charge on any atom is -0.339 e. The summed E-state index contributed by atoms with van der Waals surface area (Å²) < 4.78 is 0. The van der Waals surface area contributed by atoms with Crippen LogP contribution in [0.3, 0.4) is 0 Å². The van der Waals surface area contributed by atoms with Crippen molar-refractivity contribution in [2.75, 3.05) is 13.1 Å². The Morgan fingerprint density at radius 2 is 1.86 bits per heavy atom. The van der Waals surface area contributed by atoms with E-state index in [1.165, 1.54) is 51.6 Å². The highest BCUT2D eigenvalue weighted by Gasteiger charge is 2.15. The lowest BCUT2D eigenvalue weighted by Gasteiger charge is -2.19. The van der Waals surface area contributed by atoms with E-state index in [9.17, 15) is 0 Å². The Morgan fingerprint density at radius 3 is 2.50 bits per heavy atom. The van der Waals surface area contributed by atoms with Gasteiger partial charge in [0.2, 0.25) is 0 Å². The molecule has 0 saturated heterocycles. The van der Waals surface area contributed by atoms with Crippen molar-refractivity contribution in [3.63, 3.8) is 0 Å². The molecule has 0 heterocycles. The Morgan fingerprint density at radius 1 is 1.14 bits per heavy atom. The molecule has 0 spiro atoms. The van der Waals surface area contributed by atoms with E-state index in [0.717, 1.165) is 12.1 Å². The van der Waals surface area contributed by atoms with Gasteiger partial charge in [-0.15, -0.1) is 0 Å². The molecule has 1 aliphatic rings. The van der Waals surface area contributed by atoms with E-state index < -0.39 is 0 Å². The molecule has 1 atom stereocenters. The van der Waals surface area contributed by atoms with Crippen molar-refractivity contribution in [3.8, 4) is 0 Å². The predicted octanol–water partition coefficient (Wildman–Crippen LogP) is 0.244. The average Bonchev–Trinajstić information content (AvgIpc) is 2.25. The van der Waals surface area contributed by atoms with Crippen LogP contribution in [-0.2, 0) is 0 Å². The van der Waals surface area contributed by atoms with E-state index in [1.807, 2.05) is 0 Å². The van der Waals surface area contributed by atoms with Gasteiger partial charge in [0, 0.05) is 0 Å². The highest BCUT2D eigenvalue weighted by Crippen LogP contribution is 2.14. The molecule has 14 heavy (non-hydrogen) atoms. The van der Waals surface area contributed by atoms with Gasteiger partial charge >= 0.3 is 0 Å². The van der Waals surface area contributed by atoms with Gasteiger partial charge in [0.05, 0.1) is 12.1 Å². The Labute approximate surface area is 88.8 Å². The summed E-state index contributed by atoms with van der Waals surface area (Å²) >= 11 is 0. The van der Waals surface area contributed by atoms with Crippen LogP contribution >= 0.6 is 0 Å². The van der Waals surface area contributed by atoms with Gasteiger partial charge in [0.25, 0.3) is 0 Å². The Kier molecular flexibility index (Phi) is 6.20. The standard InChI is InChI=1S/C12H26N2/c1-3-11(2)13-9-10-14-12-7-5-4-6-8-12/h11-14H,3-10H2,1-2H3/p+2/t11-/m0/s1. The van der Waals surface area contributed by atoms with E-state index in [2.05, 4.69) is 24.5 Å². The molecule has 0 aromatic heterocycles. The normalized spacial score (nSPS) is 21.0. The zero-order chi connectivity index (χ0) is 10.2. The predicted molar refractivity (Wildman–Crippen MR) is 60.2 cm³/mol. The summed E-state index contributed by atoms with van der Waals surface area (Å²) in [7, 11) is 0. The number of hydrogen-bond acceptors (Lipinski definition) is 0. The average molecular weight is 200 g/mol. The summed E-state index contributed by atoms with van der Waals surface area (Å²) in [6.45, 7) is 7.20. The molecule has 1 aliphatic carbocycles. The Bertz CT molecular complexity index is 130. The monoisotopic (exact) mass is 200 g/mol. The summed E-state index contributed by atoms with van der Waals surface area (Å²) in [6.07, 6.45) is 8.63. The van der Waals surface area contributed by atoms with Crippen LogP contribution in [0.25, 0.3) is 0 Å². The summed E-state index contributed by atoms with van der Waals surface area (Å²) in [4.78, 5) is 0. The summed E-state index contributed by atoms with van der Waals surface area (Å²) in [5, 5.41) is 5.07. The molecule has 0 aromatic rings. The second-order valence-electron chi connectivity index (χ2n) is 4.83. The maximum Gasteiger partial charge on any atom is 0.125 e. The molecule has 0 unspecified atom stereocenters. The fraction of sp³-hybridized carbons (Fsp3) is 1.00. The first-order chi connectivity index (χ1) is 6.83. The van der Waals surface area contributed by atoms with Gasteiger partial charge < -0.3 is 10.6 Å². The third-order valence-electron chi connectivity index (χ3n) is 3.53. The first-order valence-corrected chi connectivity index (χ1v) is 6.49. The lowest BCUT2D eigenvalue weighted by Crippen LogP contribution is -2.99. The van der Waals surface area contributed by atoms with Crippen LogP contribution in [0.4, 0.5) is 0 Å². The van der Waals surface area contributed by atoms with Crippen LogP contribution in [0.15, 0.2) is 0 Å². The first kappa shape index (κ1) is 12.0. The first-order valence-electron chi connectivity index (χ1n) is 6.49. The summed E-state index contributed by atoms with van der Waals surface area (Å²) in [6, 6.07) is 1.77. The maximum atomic E-state index is 2.58. The highest BCUT2D eigenvalue weighted by atomic mass is 15.0. The van der Waals surface area contributed by atoms with Gasteiger partial charge in [-0.05, 0) is 39.0 Å². The van der Waals surface area contributed by atoms with E-state index in [-0.39, 0.29) is 0 Å². The molecule has 1 fully saturated rings. The Balaban J connectivity index is 1.92. The topological polar surface area (TPSA) is 33.2 Å². The number of nitrogens with two attached hydrogens (primary N) is 2. The molecule has 2 nitrogen and oxygen atoms in total. The van der Waals surface area contributed by atoms with Gasteiger partial charge in [-0.25, -0.2) is 0 Å². The molecule has 0 amide bonds. The zero-order valence-corrected chi connectivity index (χ0v) is 9.97. The minimum atomic E-state index is 0.815. The van der Waals surface area contributed by atoms with Crippen molar-refractivity contribution >= 4 is 0 Å². The molecular formula is C12H28N2+2. The fourth-order valence-corrected chi connectivity index (χ4v) is 2.25. The second-order valence-corrected chi connectivity index (χ2v) is 4.83. The van der Waals surface area contributed by atoms with Gasteiger partial charge in [0.1, 0.15) is 13.1 Å². The lowest BCUT2D eigenvalue weighted by molar-refractivity contribution is -0.754. The van der Waals surface area contributed by atoms with Crippen molar-refractivity contribution in [1.29, 1.82) is 0 Å². The van der Waals surface area contributed by atoms with E-state index in [1.54, 1.807) is 0 Å². The number of rotatable bonds is 6. The van der Waals surface area contributed by atoms with Crippen LogP contribution in [0.5, 0.6) is 0 Å². The fourth-order valence-electron chi connectivity index (χ4n) is 2.25. The second kappa shape index (κ2) is 7.24. The quantitative estimate of drug-likeness (QED) is 0.576. The molecular weight excluding hydrogens is 172 g/mol. The van der Waals surface area contributed by atoms with E-state index in [4.69, 9.17) is 0 Å². The van der Waals surface area contributed by atoms with Gasteiger partial charge in [-0.2, -0.15) is 0 Å². The number of hydrogen-bond donors (Lipinski definition) is 2.